The van der Waals surface area contributed by atoms with Gasteiger partial charge in [-0.25, -0.2) is 0 Å². The van der Waals surface area contributed by atoms with Crippen LogP contribution in [-0.2, 0) is 20.1 Å². The van der Waals surface area contributed by atoms with Gasteiger partial charge in [0.05, 0.1) is 29.9 Å². The normalized spacial score (nSPS) is 12.1. The first kappa shape index (κ1) is 24.6. The van der Waals surface area contributed by atoms with E-state index in [1.54, 1.807) is 20.0 Å². The van der Waals surface area contributed by atoms with Gasteiger partial charge in [0.25, 0.3) is 0 Å². The SMILES string of the molecule is CC(O)CC(C)O.[Ir].[c-]1ccccc1-c1nnc(-c2ccccc2)n1-c1cccnc1. The minimum Gasteiger partial charge on any atom is -0.393 e. The molecule has 31 heavy (non-hydrogen) atoms. The Morgan fingerprint density at radius 1 is 0.871 bits per heavy atom. The van der Waals surface area contributed by atoms with Crippen molar-refractivity contribution in [2.75, 3.05) is 0 Å². The van der Waals surface area contributed by atoms with Crippen LogP contribution in [0.3, 0.4) is 0 Å². The standard InChI is InChI=1S/C19H13N4.C5H12O2.Ir/c1-3-8-15(9-4-1)18-21-22-19(16-10-5-2-6-11-16)23(18)17-12-7-13-20-14-17;1-4(6)3-5(2)7;/h1-10,12-14H;4-7H,3H2,1-2H3;/q-1;;. The number of aromatic nitrogens is 4. The Kier molecular flexibility index (Phi) is 9.69. The van der Waals surface area contributed by atoms with Gasteiger partial charge in [-0.05, 0) is 32.4 Å². The summed E-state index contributed by atoms with van der Waals surface area (Å²) in [7, 11) is 0. The van der Waals surface area contributed by atoms with Crippen molar-refractivity contribution < 1.29 is 30.3 Å². The van der Waals surface area contributed by atoms with Gasteiger partial charge in [0, 0.05) is 31.9 Å². The van der Waals surface area contributed by atoms with Crippen molar-refractivity contribution in [2.24, 2.45) is 0 Å². The fraction of sp³-hybridized carbons (Fsp3) is 0.208. The molecule has 163 valence electrons. The van der Waals surface area contributed by atoms with Gasteiger partial charge in [-0.15, -0.1) is 41.0 Å². The average Bonchev–Trinajstić information content (AvgIpc) is 3.20. The molecule has 0 bridgehead atoms. The van der Waals surface area contributed by atoms with Crippen LogP contribution in [0.1, 0.15) is 20.3 Å². The van der Waals surface area contributed by atoms with Crippen molar-refractivity contribution in [1.82, 2.24) is 19.7 Å². The van der Waals surface area contributed by atoms with Gasteiger partial charge in [0.2, 0.25) is 0 Å². The third-order valence-corrected chi connectivity index (χ3v) is 4.23. The fourth-order valence-corrected chi connectivity index (χ4v) is 2.99. The Morgan fingerprint density at radius 3 is 2.10 bits per heavy atom. The van der Waals surface area contributed by atoms with E-state index < -0.39 is 0 Å². The number of aliphatic hydroxyl groups is 2. The molecule has 0 saturated carbocycles. The van der Waals surface area contributed by atoms with Crippen LogP contribution in [0.2, 0.25) is 0 Å². The van der Waals surface area contributed by atoms with E-state index in [-0.39, 0.29) is 32.3 Å². The molecule has 4 rings (SSSR count). The molecule has 6 nitrogen and oxygen atoms in total. The van der Waals surface area contributed by atoms with E-state index in [0.717, 1.165) is 28.5 Å². The molecule has 2 aromatic heterocycles. The van der Waals surface area contributed by atoms with Crippen molar-refractivity contribution in [2.45, 2.75) is 32.5 Å². The number of benzene rings is 2. The maximum atomic E-state index is 8.56. The summed E-state index contributed by atoms with van der Waals surface area (Å²) in [6, 6.07) is 24.9. The van der Waals surface area contributed by atoms with Gasteiger partial charge in [0.1, 0.15) is 0 Å². The molecule has 2 N–H and O–H groups in total. The van der Waals surface area contributed by atoms with Crippen molar-refractivity contribution in [3.63, 3.8) is 0 Å². The predicted molar refractivity (Wildman–Crippen MR) is 117 cm³/mol. The zero-order valence-electron chi connectivity index (χ0n) is 17.4. The smallest absolute Gasteiger partial charge is 0.159 e. The van der Waals surface area contributed by atoms with Crippen molar-refractivity contribution >= 4 is 0 Å². The summed E-state index contributed by atoms with van der Waals surface area (Å²) >= 11 is 0. The number of pyridine rings is 1. The Morgan fingerprint density at radius 2 is 1.55 bits per heavy atom. The molecule has 1 radical (unpaired) electrons. The van der Waals surface area contributed by atoms with Crippen molar-refractivity contribution in [3.8, 4) is 28.5 Å². The number of aliphatic hydroxyl groups excluding tert-OH is 2. The Bertz CT molecular complexity index is 960. The van der Waals surface area contributed by atoms with Gasteiger partial charge in [-0.1, -0.05) is 30.3 Å². The minimum atomic E-state index is -0.375. The molecule has 2 unspecified atom stereocenters. The maximum absolute atomic E-state index is 8.56. The van der Waals surface area contributed by atoms with E-state index in [9.17, 15) is 0 Å². The molecule has 0 aliphatic carbocycles. The second kappa shape index (κ2) is 12.2. The summed E-state index contributed by atoms with van der Waals surface area (Å²) in [5.41, 5.74) is 2.82. The van der Waals surface area contributed by atoms with Gasteiger partial charge >= 0.3 is 0 Å². The minimum absolute atomic E-state index is 0. The fourth-order valence-electron chi connectivity index (χ4n) is 2.99. The quantitative estimate of drug-likeness (QED) is 0.343. The number of nitrogens with zero attached hydrogens (tertiary/aromatic N) is 4. The second-order valence-electron chi connectivity index (χ2n) is 6.97. The molecule has 2 heterocycles. The topological polar surface area (TPSA) is 84.1 Å². The van der Waals surface area contributed by atoms with E-state index in [0.29, 0.717) is 6.42 Å². The third kappa shape index (κ3) is 6.91. The van der Waals surface area contributed by atoms with Crippen LogP contribution in [0.5, 0.6) is 0 Å². The van der Waals surface area contributed by atoms with E-state index in [2.05, 4.69) is 21.2 Å². The van der Waals surface area contributed by atoms with Gasteiger partial charge < -0.3 is 14.8 Å². The van der Waals surface area contributed by atoms with Gasteiger partial charge in [0.15, 0.2) is 5.82 Å². The Balaban J connectivity index is 0.000000373. The molecule has 2 atom stereocenters. The zero-order valence-corrected chi connectivity index (χ0v) is 19.8. The Hall–Kier alpha value is -2.70. The van der Waals surface area contributed by atoms with Crippen molar-refractivity contribution in [1.29, 1.82) is 0 Å². The summed E-state index contributed by atoms with van der Waals surface area (Å²) in [4.78, 5) is 4.22. The summed E-state index contributed by atoms with van der Waals surface area (Å²) in [6.45, 7) is 3.32. The van der Waals surface area contributed by atoms with Crippen LogP contribution in [0.25, 0.3) is 28.5 Å². The number of hydrogen-bond donors (Lipinski definition) is 2. The monoisotopic (exact) mass is 594 g/mol. The molecule has 0 aliphatic heterocycles. The van der Waals surface area contributed by atoms with Crippen LogP contribution in [-0.4, -0.2) is 42.2 Å². The molecule has 0 fully saturated rings. The van der Waals surface area contributed by atoms with Crippen LogP contribution in [0.4, 0.5) is 0 Å². The third-order valence-electron chi connectivity index (χ3n) is 4.23. The molecule has 2 aromatic carbocycles. The maximum Gasteiger partial charge on any atom is 0.159 e. The zero-order chi connectivity index (χ0) is 21.3. The molecule has 0 saturated heterocycles. The van der Waals surface area contributed by atoms with Gasteiger partial charge in [-0.2, -0.15) is 5.10 Å². The first-order valence-electron chi connectivity index (χ1n) is 9.80. The largest absolute Gasteiger partial charge is 0.393 e. The van der Waals surface area contributed by atoms with Crippen LogP contribution in [0, 0.1) is 6.07 Å². The van der Waals surface area contributed by atoms with Crippen LogP contribution >= 0.6 is 0 Å². The summed E-state index contributed by atoms with van der Waals surface area (Å²) in [5, 5.41) is 25.9. The number of hydrogen-bond acceptors (Lipinski definition) is 5. The summed E-state index contributed by atoms with van der Waals surface area (Å²) in [6.07, 6.45) is 3.28. The summed E-state index contributed by atoms with van der Waals surface area (Å²) in [5.74, 6) is 1.53. The van der Waals surface area contributed by atoms with Crippen LogP contribution in [0.15, 0.2) is 79.1 Å². The molecule has 0 aliphatic rings. The van der Waals surface area contributed by atoms with E-state index in [1.165, 1.54) is 0 Å². The first-order valence-corrected chi connectivity index (χ1v) is 9.80. The van der Waals surface area contributed by atoms with Gasteiger partial charge in [-0.3, -0.25) is 4.98 Å². The molecule has 0 amide bonds. The van der Waals surface area contributed by atoms with E-state index in [1.807, 2.05) is 77.5 Å². The van der Waals surface area contributed by atoms with Crippen LogP contribution < -0.4 is 0 Å². The molecule has 4 aromatic rings. The second-order valence-corrected chi connectivity index (χ2v) is 6.97. The number of rotatable bonds is 5. The van der Waals surface area contributed by atoms with E-state index in [4.69, 9.17) is 10.2 Å². The van der Waals surface area contributed by atoms with Crippen molar-refractivity contribution in [3.05, 3.63) is 85.2 Å². The Labute approximate surface area is 196 Å². The molecule has 7 heteroatoms. The molecular formula is C24H25IrN4O2-. The molecule has 0 spiro atoms. The summed E-state index contributed by atoms with van der Waals surface area (Å²) < 4.78 is 2.01. The first-order chi connectivity index (χ1) is 14.6. The predicted octanol–water partition coefficient (Wildman–Crippen LogP) is 3.93. The van der Waals surface area contributed by atoms with E-state index >= 15 is 0 Å². The molecular weight excluding hydrogens is 569 g/mol. The average molecular weight is 594 g/mol.